The quantitative estimate of drug-likeness (QED) is 0.0588. The minimum atomic E-state index is -0.396. The Balaban J connectivity index is 0. The number of ether oxygens (including phenoxy) is 4. The van der Waals surface area contributed by atoms with Crippen molar-refractivity contribution in [2.45, 2.75) is 161 Å². The topological polar surface area (TPSA) is 130 Å². The molecular formula is C73H111N3O8P4. The van der Waals surface area contributed by atoms with Crippen molar-refractivity contribution in [2.75, 3.05) is 41.5 Å². The molecular weight excluding hydrogens is 1170 g/mol. The smallest absolute Gasteiger partial charge is 0.311 e. The van der Waals surface area contributed by atoms with E-state index in [0.717, 1.165) is 67.5 Å². The molecule has 4 atom stereocenters. The van der Waals surface area contributed by atoms with Gasteiger partial charge in [-0.05, 0) is 178 Å². The van der Waals surface area contributed by atoms with Crippen molar-refractivity contribution in [3.8, 4) is 17.2 Å². The van der Waals surface area contributed by atoms with E-state index in [9.17, 15) is 4.79 Å². The summed E-state index contributed by atoms with van der Waals surface area (Å²) in [5.41, 5.74) is 13.5. The molecule has 0 heterocycles. The third-order valence-corrected chi connectivity index (χ3v) is 12.0. The average molecular weight is 1280 g/mol. The standard InChI is InChI=1S/C17H17NO2.C15H15N.2C11H16O.C9H18O2.C7H14NOP.CH5OP.CH6P2.CH4/c1-19-16-10-8-13(11-17(16)20-2)18-15-9-7-12-5-3-4-6-14(12)15;1-13(15-10-6-3-7-11-15)16-12-14-8-4-2-5-9-14;1-11(2,3)9-5-7-10(12-4)8-6-9;1-11(2,3)10-7-5-4-6-9(10)8-12;1-8(2,3)7(10)11-9(4,5)6;1-6(2)4-7(3)8-9-5-10;1-2-3;1-3-2;/h3-6,8,10-11H,7,9H2,1-2H3;2-11H,12H2,1H3;5-8H,1-4H3;4-7,12H,8H2,1-3H3;1-6H3;4H,5,10H2,1-3H3;3H2,1H3;3H,2H2,1H3;1H4/b;;;;;8-7+;;;. The average Bonchev–Trinajstić information content (AvgIpc) is 3.53. The molecule has 0 saturated heterocycles. The lowest BCUT2D eigenvalue weighted by Crippen LogP contribution is -2.31. The number of oxime groups is 1. The fourth-order valence-electron chi connectivity index (χ4n) is 7.63. The summed E-state index contributed by atoms with van der Waals surface area (Å²) < 4.78 is 25.0. The van der Waals surface area contributed by atoms with E-state index < -0.39 is 5.41 Å². The van der Waals surface area contributed by atoms with Crippen LogP contribution in [-0.2, 0) is 49.3 Å². The van der Waals surface area contributed by atoms with Gasteiger partial charge in [0.2, 0.25) is 0 Å². The van der Waals surface area contributed by atoms with Crippen molar-refractivity contribution in [3.05, 3.63) is 202 Å². The Bertz CT molecular complexity index is 2950. The van der Waals surface area contributed by atoms with Crippen LogP contribution in [0.4, 0.5) is 5.69 Å². The van der Waals surface area contributed by atoms with E-state index in [4.69, 9.17) is 33.9 Å². The summed E-state index contributed by atoms with van der Waals surface area (Å²) in [5.74, 6) is 2.21. The van der Waals surface area contributed by atoms with Gasteiger partial charge in [-0.1, -0.05) is 190 Å². The zero-order chi connectivity index (χ0) is 66.2. The van der Waals surface area contributed by atoms with Crippen molar-refractivity contribution in [1.29, 1.82) is 0 Å². The molecule has 486 valence electrons. The number of carbonyl (C=O) groups excluding carboxylic acids is 1. The number of methoxy groups -OCH3 is 3. The van der Waals surface area contributed by atoms with Crippen molar-refractivity contribution < 1.29 is 38.2 Å². The number of hydrogen-bond donors (Lipinski definition) is 1. The van der Waals surface area contributed by atoms with Gasteiger partial charge in [-0.2, -0.15) is 0 Å². The van der Waals surface area contributed by atoms with Crippen LogP contribution in [0.1, 0.15) is 164 Å². The van der Waals surface area contributed by atoms with Crippen LogP contribution in [0.3, 0.4) is 0 Å². The Hall–Kier alpha value is -5.62. The van der Waals surface area contributed by atoms with Crippen LogP contribution >= 0.6 is 35.9 Å². The SMILES string of the molecule is C.CC(=NCc1ccccc1)c1ccccc1.CC(C)(C)OC(=O)C(C)(C)C.CC(C)(C)c1ccccc1CO.CC(C)=C/C(C)=N/OCP.COP.COc1ccc(C(C)(C)C)cc1.COc1ccc(N=C2CCc3ccccc32)cc1OC.CPP. The number of nitrogens with zero attached hydrogens (tertiary/aromatic N) is 3. The van der Waals surface area contributed by atoms with Crippen LogP contribution in [0.5, 0.6) is 17.2 Å². The first-order chi connectivity index (χ1) is 40.9. The van der Waals surface area contributed by atoms with E-state index >= 15 is 0 Å². The first kappa shape index (κ1) is 84.4. The van der Waals surface area contributed by atoms with Crippen LogP contribution in [0.2, 0.25) is 0 Å². The zero-order valence-corrected chi connectivity index (χ0v) is 60.9. The van der Waals surface area contributed by atoms with Gasteiger partial charge < -0.3 is 33.4 Å². The maximum absolute atomic E-state index is 11.3. The van der Waals surface area contributed by atoms with Gasteiger partial charge in [-0.25, -0.2) is 0 Å². The summed E-state index contributed by atoms with van der Waals surface area (Å²) in [7, 11) is 14.7. The predicted octanol–water partition coefficient (Wildman–Crippen LogP) is 19.6. The molecule has 0 fully saturated rings. The van der Waals surface area contributed by atoms with E-state index in [1.165, 1.54) is 39.0 Å². The molecule has 1 N–H and O–H groups in total. The normalized spacial score (nSPS) is 12.1. The van der Waals surface area contributed by atoms with E-state index in [2.05, 4.69) is 164 Å². The Kier molecular flexibility index (Phi) is 43.8. The molecule has 0 saturated carbocycles. The molecule has 6 aromatic rings. The number of esters is 1. The fourth-order valence-corrected chi connectivity index (χ4v) is 7.71. The Morgan fingerprint density at radius 3 is 1.64 bits per heavy atom. The number of allylic oxidation sites excluding steroid dienone is 2. The van der Waals surface area contributed by atoms with Crippen molar-refractivity contribution in [2.24, 2.45) is 20.6 Å². The first-order valence-corrected chi connectivity index (χ1v) is 33.7. The second-order valence-corrected chi connectivity index (χ2v) is 27.2. The first-order valence-electron chi connectivity index (χ1n) is 29.1. The van der Waals surface area contributed by atoms with Gasteiger partial charge in [-0.3, -0.25) is 14.8 Å². The van der Waals surface area contributed by atoms with E-state index in [-0.39, 0.29) is 36.4 Å². The summed E-state index contributed by atoms with van der Waals surface area (Å²) in [4.78, 5) is 25.4. The summed E-state index contributed by atoms with van der Waals surface area (Å²) >= 11 is 0. The van der Waals surface area contributed by atoms with E-state index in [0.29, 0.717) is 12.1 Å². The molecule has 0 spiro atoms. The monoisotopic (exact) mass is 1280 g/mol. The summed E-state index contributed by atoms with van der Waals surface area (Å²) in [5, 5.41) is 12.9. The minimum Gasteiger partial charge on any atom is -0.497 e. The Morgan fingerprint density at radius 1 is 0.659 bits per heavy atom. The lowest BCUT2D eigenvalue weighted by Gasteiger charge is -2.25. The number of rotatable bonds is 11. The number of aliphatic imine (C=N–C) groups is 2. The Labute approximate surface area is 542 Å². The van der Waals surface area contributed by atoms with Crippen LogP contribution in [0.25, 0.3) is 0 Å². The molecule has 7 rings (SSSR count). The van der Waals surface area contributed by atoms with Crippen LogP contribution in [0.15, 0.2) is 178 Å². The van der Waals surface area contributed by atoms with Crippen molar-refractivity contribution in [1.82, 2.24) is 0 Å². The second kappa shape index (κ2) is 45.6. The number of carbonyl (C=O) groups is 1. The van der Waals surface area contributed by atoms with Crippen LogP contribution in [0, 0.1) is 5.41 Å². The van der Waals surface area contributed by atoms with Gasteiger partial charge in [0.1, 0.15) is 17.7 Å². The molecule has 1 aliphatic carbocycles. The Morgan fingerprint density at radius 2 is 1.18 bits per heavy atom. The van der Waals surface area contributed by atoms with Crippen molar-refractivity contribution >= 4 is 64.7 Å². The third-order valence-electron chi connectivity index (χ3n) is 11.9. The molecule has 0 bridgehead atoms. The van der Waals surface area contributed by atoms with Crippen LogP contribution < -0.4 is 14.2 Å². The number of fused-ring (bicyclic) bond motifs is 1. The fraction of sp³-hybridized carbons (Fsp3) is 0.425. The van der Waals surface area contributed by atoms with Gasteiger partial charge in [0.25, 0.3) is 0 Å². The largest absolute Gasteiger partial charge is 0.497 e. The molecule has 11 nitrogen and oxygen atoms in total. The molecule has 6 aromatic carbocycles. The molecule has 0 radical (unpaired) electrons. The lowest BCUT2D eigenvalue weighted by molar-refractivity contribution is -0.164. The van der Waals surface area contributed by atoms with Gasteiger partial charge >= 0.3 is 5.97 Å². The molecule has 0 aromatic heterocycles. The number of benzene rings is 6. The summed E-state index contributed by atoms with van der Waals surface area (Å²) in [6, 6.07) is 51.0. The number of aliphatic hydroxyl groups is 1. The second-order valence-electron chi connectivity index (χ2n) is 24.1. The van der Waals surface area contributed by atoms with Gasteiger partial charge in [0.05, 0.1) is 51.3 Å². The number of aliphatic hydroxyl groups excluding tert-OH is 1. The van der Waals surface area contributed by atoms with Gasteiger partial charge in [0.15, 0.2) is 11.5 Å². The number of hydrogen-bond acceptors (Lipinski definition) is 11. The predicted molar refractivity (Wildman–Crippen MR) is 393 cm³/mol. The highest BCUT2D eigenvalue weighted by molar-refractivity contribution is 8.02. The molecule has 4 unspecified atom stereocenters. The van der Waals surface area contributed by atoms with E-state index in [1.807, 2.05) is 153 Å². The zero-order valence-electron chi connectivity index (χ0n) is 56.4. The van der Waals surface area contributed by atoms with Gasteiger partial charge in [-0.15, -0.1) is 17.2 Å². The molecule has 0 aliphatic heterocycles. The van der Waals surface area contributed by atoms with Crippen molar-refractivity contribution in [3.63, 3.8) is 0 Å². The van der Waals surface area contributed by atoms with Crippen LogP contribution in [-0.4, -0.2) is 75.3 Å². The molecule has 0 amide bonds. The lowest BCUT2D eigenvalue weighted by atomic mass is 9.84. The highest BCUT2D eigenvalue weighted by atomic mass is 32.0. The van der Waals surface area contributed by atoms with E-state index in [1.54, 1.807) is 28.4 Å². The number of aryl methyl sites for hydroxylation is 1. The summed E-state index contributed by atoms with van der Waals surface area (Å²) in [6.45, 7) is 35.3. The van der Waals surface area contributed by atoms with Gasteiger partial charge in [0, 0.05) is 24.6 Å². The highest BCUT2D eigenvalue weighted by Gasteiger charge is 2.27. The third kappa shape index (κ3) is 37.4. The maximum Gasteiger partial charge on any atom is 0.311 e. The summed E-state index contributed by atoms with van der Waals surface area (Å²) in [6.07, 6.45) is 4.59. The molecule has 88 heavy (non-hydrogen) atoms. The highest BCUT2D eigenvalue weighted by Crippen LogP contribution is 2.33. The molecule has 1 aliphatic rings. The minimum absolute atomic E-state index is 0. The maximum atomic E-state index is 11.3. The molecule has 15 heteroatoms.